The number of alkyl halides is 1. The molecule has 1 saturated heterocycles. The van der Waals surface area contributed by atoms with Crippen LogP contribution in [0.1, 0.15) is 25.8 Å². The fourth-order valence-corrected chi connectivity index (χ4v) is 5.25. The predicted molar refractivity (Wildman–Crippen MR) is 151 cm³/mol. The molecule has 2 aromatic heterocycles. The largest absolute Gasteiger partial charge is 0.436 e. The lowest BCUT2D eigenvalue weighted by Gasteiger charge is -2.26. The number of hydrogen-bond acceptors (Lipinski definition) is 8. The molecule has 0 spiro atoms. The molecular weight excluding hydrogens is 519 g/mol. The highest BCUT2D eigenvalue weighted by Crippen LogP contribution is 2.39. The lowest BCUT2D eigenvalue weighted by atomic mass is 10.0. The zero-order valence-electron chi connectivity index (χ0n) is 22.0. The SMILES string of the molecule is Cc1cc(NS(=O)(=O)C(C)C)c2ccccc2c1Oc1nccnc1-c1ccnc(N[C@@H]2CNC[C@@H](F)C2)c1. The standard InChI is InChI=1S/C28H31FN6O3S/c1-17(2)39(36,37)35-24-12-18(3)27(23-7-5-4-6-22(23)24)38-28-26(32-10-11-33-28)19-8-9-31-25(13-19)34-21-14-20(29)15-30-16-21/h4-13,17,20-21,30,35H,14-16H2,1-3H3,(H,31,34)/t20-,21-/m0/s1. The van der Waals surface area contributed by atoms with Crippen molar-refractivity contribution in [2.45, 2.75) is 44.7 Å². The van der Waals surface area contributed by atoms with E-state index < -0.39 is 21.4 Å². The molecule has 39 heavy (non-hydrogen) atoms. The van der Waals surface area contributed by atoms with Crippen LogP contribution in [-0.2, 0) is 10.0 Å². The number of halogens is 1. The second kappa shape index (κ2) is 11.1. The van der Waals surface area contributed by atoms with E-state index in [9.17, 15) is 12.8 Å². The molecule has 4 aromatic rings. The Morgan fingerprint density at radius 3 is 2.56 bits per heavy atom. The molecule has 1 aliphatic heterocycles. The van der Waals surface area contributed by atoms with Crippen molar-refractivity contribution < 1.29 is 17.5 Å². The number of benzene rings is 2. The molecule has 5 rings (SSSR count). The number of sulfonamides is 1. The van der Waals surface area contributed by atoms with E-state index in [0.717, 1.165) is 16.5 Å². The smallest absolute Gasteiger partial charge is 0.246 e. The summed E-state index contributed by atoms with van der Waals surface area (Å²) in [6.45, 7) is 6.14. The van der Waals surface area contributed by atoms with Crippen molar-refractivity contribution in [3.63, 3.8) is 0 Å². The Bertz CT molecular complexity index is 1600. The van der Waals surface area contributed by atoms with Crippen molar-refractivity contribution in [2.24, 2.45) is 0 Å². The highest BCUT2D eigenvalue weighted by Gasteiger charge is 2.23. The average molecular weight is 551 g/mol. The van der Waals surface area contributed by atoms with Gasteiger partial charge in [-0.15, -0.1) is 0 Å². The Kier molecular flexibility index (Phi) is 7.62. The van der Waals surface area contributed by atoms with Crippen LogP contribution in [0.3, 0.4) is 0 Å². The van der Waals surface area contributed by atoms with E-state index >= 15 is 0 Å². The van der Waals surface area contributed by atoms with Gasteiger partial charge in [-0.25, -0.2) is 27.8 Å². The van der Waals surface area contributed by atoms with Crippen LogP contribution in [0, 0.1) is 6.92 Å². The molecule has 204 valence electrons. The predicted octanol–water partition coefficient (Wildman–Crippen LogP) is 5.05. The van der Waals surface area contributed by atoms with Crippen LogP contribution in [-0.4, -0.2) is 53.9 Å². The number of pyridine rings is 1. The minimum Gasteiger partial charge on any atom is -0.436 e. The third-order valence-corrected chi connectivity index (χ3v) is 8.34. The molecule has 3 N–H and O–H groups in total. The fraction of sp³-hybridized carbons (Fsp3) is 0.321. The summed E-state index contributed by atoms with van der Waals surface area (Å²) in [6, 6.07) is 12.8. The van der Waals surface area contributed by atoms with E-state index in [-0.39, 0.29) is 6.04 Å². The quantitative estimate of drug-likeness (QED) is 0.279. The first-order valence-electron chi connectivity index (χ1n) is 12.8. The lowest BCUT2D eigenvalue weighted by molar-refractivity contribution is 0.255. The summed E-state index contributed by atoms with van der Waals surface area (Å²) in [5, 5.41) is 7.24. The molecule has 1 fully saturated rings. The molecule has 1 aliphatic rings. The zero-order chi connectivity index (χ0) is 27.6. The van der Waals surface area contributed by atoms with Crippen LogP contribution < -0.4 is 20.1 Å². The molecule has 0 radical (unpaired) electrons. The zero-order valence-corrected chi connectivity index (χ0v) is 22.8. The van der Waals surface area contributed by atoms with Gasteiger partial charge in [-0.3, -0.25) is 4.72 Å². The minimum atomic E-state index is -3.54. The summed E-state index contributed by atoms with van der Waals surface area (Å²) >= 11 is 0. The molecule has 0 saturated carbocycles. The average Bonchev–Trinajstić information content (AvgIpc) is 2.91. The molecule has 11 heteroatoms. The maximum absolute atomic E-state index is 13.8. The first-order chi connectivity index (χ1) is 18.7. The van der Waals surface area contributed by atoms with Crippen LogP contribution in [0.15, 0.2) is 61.1 Å². The molecule has 0 bridgehead atoms. The minimum absolute atomic E-state index is 0.0743. The number of aromatic nitrogens is 3. The van der Waals surface area contributed by atoms with Gasteiger partial charge in [-0.05, 0) is 44.5 Å². The van der Waals surface area contributed by atoms with Crippen LogP contribution in [0.4, 0.5) is 15.9 Å². The topological polar surface area (TPSA) is 118 Å². The van der Waals surface area contributed by atoms with Crippen LogP contribution in [0.5, 0.6) is 11.6 Å². The van der Waals surface area contributed by atoms with Gasteiger partial charge < -0.3 is 15.4 Å². The van der Waals surface area contributed by atoms with Crippen molar-refractivity contribution in [3.05, 3.63) is 66.6 Å². The van der Waals surface area contributed by atoms with Crippen molar-refractivity contribution in [2.75, 3.05) is 23.1 Å². The normalized spacial score (nSPS) is 17.8. The second-order valence-electron chi connectivity index (χ2n) is 9.89. The molecule has 0 aliphatic carbocycles. The Balaban J connectivity index is 1.49. The Labute approximate surface area is 227 Å². The summed E-state index contributed by atoms with van der Waals surface area (Å²) in [5.41, 5.74) is 2.47. The van der Waals surface area contributed by atoms with E-state index in [1.165, 1.54) is 0 Å². The van der Waals surface area contributed by atoms with E-state index in [1.54, 1.807) is 38.5 Å². The monoisotopic (exact) mass is 550 g/mol. The van der Waals surface area contributed by atoms with Gasteiger partial charge in [-0.2, -0.15) is 0 Å². The lowest BCUT2D eigenvalue weighted by Crippen LogP contribution is -2.44. The summed E-state index contributed by atoms with van der Waals surface area (Å²) in [7, 11) is -3.54. The van der Waals surface area contributed by atoms with E-state index in [4.69, 9.17) is 4.74 Å². The molecule has 2 atom stereocenters. The molecule has 9 nitrogen and oxygen atoms in total. The number of ether oxygens (including phenoxy) is 1. The van der Waals surface area contributed by atoms with Gasteiger partial charge in [0.05, 0.1) is 10.9 Å². The fourth-order valence-electron chi connectivity index (χ4n) is 4.54. The Hall–Kier alpha value is -3.83. The summed E-state index contributed by atoms with van der Waals surface area (Å²) < 4.78 is 48.2. The third kappa shape index (κ3) is 5.94. The van der Waals surface area contributed by atoms with Gasteiger partial charge in [0.25, 0.3) is 0 Å². The van der Waals surface area contributed by atoms with E-state index in [2.05, 4.69) is 30.3 Å². The van der Waals surface area contributed by atoms with Crippen LogP contribution in [0.2, 0.25) is 0 Å². The van der Waals surface area contributed by atoms with Crippen molar-refractivity contribution >= 4 is 32.3 Å². The van der Waals surface area contributed by atoms with Gasteiger partial charge in [0.15, 0.2) is 0 Å². The number of fused-ring (bicyclic) bond motifs is 1. The second-order valence-corrected chi connectivity index (χ2v) is 12.1. The highest BCUT2D eigenvalue weighted by atomic mass is 32.2. The van der Waals surface area contributed by atoms with Gasteiger partial charge in [0.1, 0.15) is 23.4 Å². The number of aryl methyl sites for hydroxylation is 1. The molecule has 0 amide bonds. The Morgan fingerprint density at radius 2 is 1.79 bits per heavy atom. The Morgan fingerprint density at radius 1 is 1.03 bits per heavy atom. The summed E-state index contributed by atoms with van der Waals surface area (Å²) in [6.07, 6.45) is 4.31. The number of nitrogens with zero attached hydrogens (tertiary/aromatic N) is 3. The maximum atomic E-state index is 13.8. The number of anilines is 2. The molecule has 2 aromatic carbocycles. The molecular formula is C28H31FN6O3S. The van der Waals surface area contributed by atoms with Gasteiger partial charge in [-0.1, -0.05) is 24.3 Å². The van der Waals surface area contributed by atoms with Crippen LogP contribution >= 0.6 is 0 Å². The molecule has 3 heterocycles. The first-order valence-corrected chi connectivity index (χ1v) is 14.4. The number of nitrogens with one attached hydrogen (secondary N) is 3. The van der Waals surface area contributed by atoms with Gasteiger partial charge in [0.2, 0.25) is 15.9 Å². The van der Waals surface area contributed by atoms with Crippen molar-refractivity contribution in [1.82, 2.24) is 20.3 Å². The van der Waals surface area contributed by atoms with Crippen molar-refractivity contribution in [1.29, 1.82) is 0 Å². The summed E-state index contributed by atoms with van der Waals surface area (Å²) in [4.78, 5) is 13.4. The number of rotatable bonds is 8. The number of hydrogen-bond donors (Lipinski definition) is 3. The number of piperidine rings is 1. The van der Waals surface area contributed by atoms with Gasteiger partial charge >= 0.3 is 0 Å². The maximum Gasteiger partial charge on any atom is 0.246 e. The van der Waals surface area contributed by atoms with E-state index in [0.29, 0.717) is 53.7 Å². The third-order valence-electron chi connectivity index (χ3n) is 6.60. The van der Waals surface area contributed by atoms with E-state index in [1.807, 2.05) is 43.3 Å². The van der Waals surface area contributed by atoms with Crippen LogP contribution in [0.25, 0.3) is 22.0 Å². The van der Waals surface area contributed by atoms with Crippen molar-refractivity contribution in [3.8, 4) is 22.9 Å². The summed E-state index contributed by atoms with van der Waals surface area (Å²) in [5.74, 6) is 1.45. The first kappa shape index (κ1) is 26.8. The van der Waals surface area contributed by atoms with Gasteiger partial charge in [0, 0.05) is 60.5 Å². The molecule has 0 unspecified atom stereocenters. The highest BCUT2D eigenvalue weighted by molar-refractivity contribution is 7.93.